The first kappa shape index (κ1) is 13.4. The number of aryl methyl sites for hydroxylation is 1. The quantitative estimate of drug-likeness (QED) is 0.880. The van der Waals surface area contributed by atoms with Crippen LogP contribution in [0.4, 0.5) is 10.5 Å². The minimum atomic E-state index is -1.04. The second-order valence-electron chi connectivity index (χ2n) is 4.93. The van der Waals surface area contributed by atoms with Crippen molar-refractivity contribution in [3.8, 4) is 0 Å². The van der Waals surface area contributed by atoms with E-state index in [2.05, 4.69) is 5.32 Å². The number of hydrogen-bond donors (Lipinski definition) is 2. The topological polar surface area (TPSA) is 69.6 Å². The Labute approximate surface area is 112 Å². The Bertz CT molecular complexity index is 509. The van der Waals surface area contributed by atoms with Crippen molar-refractivity contribution in [2.45, 2.75) is 32.2 Å². The molecule has 1 aromatic carbocycles. The standard InChI is InChI=1S/C14H18N2O3/c1-9-5-3-8-11(13(17)18)12(9)15-14(19)16(2)10-6-4-7-10/h3,5,8,10H,4,6-7H2,1-2H3,(H,15,19)(H,17,18). The molecule has 102 valence electrons. The van der Waals surface area contributed by atoms with Crippen LogP contribution in [0.25, 0.3) is 0 Å². The SMILES string of the molecule is Cc1cccc(C(=O)O)c1NC(=O)N(C)C1CCC1. The Morgan fingerprint density at radius 2 is 2.05 bits per heavy atom. The van der Waals surface area contributed by atoms with E-state index in [9.17, 15) is 9.59 Å². The fraction of sp³-hybridized carbons (Fsp3) is 0.429. The fourth-order valence-corrected chi connectivity index (χ4v) is 2.15. The van der Waals surface area contributed by atoms with E-state index < -0.39 is 5.97 Å². The summed E-state index contributed by atoms with van der Waals surface area (Å²) in [6.07, 6.45) is 3.18. The van der Waals surface area contributed by atoms with Gasteiger partial charge in [-0.2, -0.15) is 0 Å². The van der Waals surface area contributed by atoms with Gasteiger partial charge in [-0.3, -0.25) is 0 Å². The lowest BCUT2D eigenvalue weighted by Gasteiger charge is -2.34. The Kier molecular flexibility index (Phi) is 3.74. The van der Waals surface area contributed by atoms with Crippen LogP contribution in [0.2, 0.25) is 0 Å². The molecule has 1 aromatic rings. The van der Waals surface area contributed by atoms with Crippen LogP contribution in [-0.4, -0.2) is 35.1 Å². The molecule has 0 radical (unpaired) electrons. The van der Waals surface area contributed by atoms with E-state index in [1.54, 1.807) is 31.0 Å². The number of rotatable bonds is 3. The number of hydrogen-bond acceptors (Lipinski definition) is 2. The monoisotopic (exact) mass is 262 g/mol. The number of amides is 2. The Balaban J connectivity index is 2.18. The lowest BCUT2D eigenvalue weighted by Crippen LogP contribution is -2.43. The zero-order valence-electron chi connectivity index (χ0n) is 11.1. The zero-order valence-corrected chi connectivity index (χ0v) is 11.1. The third-order valence-corrected chi connectivity index (χ3v) is 3.68. The molecule has 1 aliphatic rings. The van der Waals surface area contributed by atoms with E-state index >= 15 is 0 Å². The van der Waals surface area contributed by atoms with Gasteiger partial charge in [0.15, 0.2) is 0 Å². The van der Waals surface area contributed by atoms with Gasteiger partial charge in [0.2, 0.25) is 0 Å². The van der Waals surface area contributed by atoms with Crippen LogP contribution < -0.4 is 5.32 Å². The number of carbonyl (C=O) groups excluding carboxylic acids is 1. The number of nitrogens with one attached hydrogen (secondary N) is 1. The van der Waals surface area contributed by atoms with Crippen LogP contribution in [0.3, 0.4) is 0 Å². The van der Waals surface area contributed by atoms with Crippen LogP contribution in [-0.2, 0) is 0 Å². The molecule has 0 aliphatic heterocycles. The molecule has 2 rings (SSSR count). The normalized spacial score (nSPS) is 14.6. The van der Waals surface area contributed by atoms with E-state index in [0.29, 0.717) is 5.69 Å². The van der Waals surface area contributed by atoms with E-state index in [1.807, 2.05) is 0 Å². The van der Waals surface area contributed by atoms with Gasteiger partial charge in [-0.05, 0) is 37.8 Å². The average molecular weight is 262 g/mol. The van der Waals surface area contributed by atoms with E-state index in [0.717, 1.165) is 24.8 Å². The number of carbonyl (C=O) groups is 2. The Morgan fingerprint density at radius 1 is 1.37 bits per heavy atom. The summed E-state index contributed by atoms with van der Waals surface area (Å²) in [4.78, 5) is 24.9. The molecule has 0 atom stereocenters. The highest BCUT2D eigenvalue weighted by Crippen LogP contribution is 2.25. The fourth-order valence-electron chi connectivity index (χ4n) is 2.15. The van der Waals surface area contributed by atoms with Crippen molar-refractivity contribution in [1.82, 2.24) is 4.90 Å². The minimum absolute atomic E-state index is 0.121. The summed E-state index contributed by atoms with van der Waals surface area (Å²) in [5, 5.41) is 11.9. The summed E-state index contributed by atoms with van der Waals surface area (Å²) in [6, 6.07) is 4.97. The molecule has 0 saturated heterocycles. The molecule has 2 amide bonds. The number of benzene rings is 1. The Morgan fingerprint density at radius 3 is 2.58 bits per heavy atom. The molecule has 1 aliphatic carbocycles. The van der Waals surface area contributed by atoms with Gasteiger partial charge in [0, 0.05) is 13.1 Å². The highest BCUT2D eigenvalue weighted by atomic mass is 16.4. The maximum Gasteiger partial charge on any atom is 0.337 e. The number of nitrogens with zero attached hydrogens (tertiary/aromatic N) is 1. The second-order valence-corrected chi connectivity index (χ2v) is 4.93. The van der Waals surface area contributed by atoms with Crippen LogP contribution >= 0.6 is 0 Å². The second kappa shape index (κ2) is 5.30. The van der Waals surface area contributed by atoms with E-state index in [1.165, 1.54) is 6.07 Å². The maximum atomic E-state index is 12.1. The highest BCUT2D eigenvalue weighted by Gasteiger charge is 2.26. The van der Waals surface area contributed by atoms with Gasteiger partial charge >= 0.3 is 12.0 Å². The van der Waals surface area contributed by atoms with Crippen LogP contribution in [0.1, 0.15) is 35.2 Å². The van der Waals surface area contributed by atoms with Gasteiger partial charge in [-0.1, -0.05) is 12.1 Å². The van der Waals surface area contributed by atoms with Crippen molar-refractivity contribution >= 4 is 17.7 Å². The molecule has 5 nitrogen and oxygen atoms in total. The highest BCUT2D eigenvalue weighted by molar-refractivity contribution is 6.01. The van der Waals surface area contributed by atoms with Gasteiger partial charge in [-0.15, -0.1) is 0 Å². The third kappa shape index (κ3) is 2.70. The molecule has 19 heavy (non-hydrogen) atoms. The molecule has 0 unspecified atom stereocenters. The van der Waals surface area contributed by atoms with Crippen LogP contribution in [0.15, 0.2) is 18.2 Å². The summed E-state index contributed by atoms with van der Waals surface area (Å²) >= 11 is 0. The largest absolute Gasteiger partial charge is 0.478 e. The number of urea groups is 1. The van der Waals surface area contributed by atoms with E-state index in [-0.39, 0.29) is 17.6 Å². The van der Waals surface area contributed by atoms with Crippen molar-refractivity contribution < 1.29 is 14.7 Å². The predicted octanol–water partition coefficient (Wildman–Crippen LogP) is 2.71. The lowest BCUT2D eigenvalue weighted by atomic mass is 9.92. The first-order valence-electron chi connectivity index (χ1n) is 6.37. The lowest BCUT2D eigenvalue weighted by molar-refractivity contribution is 0.0698. The van der Waals surface area contributed by atoms with Gasteiger partial charge in [0.05, 0.1) is 11.3 Å². The number of carboxylic acid groups (broad SMARTS) is 1. The van der Waals surface area contributed by atoms with Crippen molar-refractivity contribution in [1.29, 1.82) is 0 Å². The number of para-hydroxylation sites is 1. The number of aromatic carboxylic acids is 1. The number of carboxylic acids is 1. The average Bonchev–Trinajstić information content (AvgIpc) is 2.28. The van der Waals surface area contributed by atoms with Crippen molar-refractivity contribution in [2.24, 2.45) is 0 Å². The molecule has 0 aromatic heterocycles. The van der Waals surface area contributed by atoms with Crippen molar-refractivity contribution in [2.75, 3.05) is 12.4 Å². The molecule has 2 N–H and O–H groups in total. The molecule has 5 heteroatoms. The van der Waals surface area contributed by atoms with Crippen molar-refractivity contribution in [3.05, 3.63) is 29.3 Å². The molecule has 0 heterocycles. The number of anilines is 1. The molecule has 0 bridgehead atoms. The maximum absolute atomic E-state index is 12.1. The summed E-state index contributed by atoms with van der Waals surface area (Å²) in [7, 11) is 1.75. The van der Waals surface area contributed by atoms with Gasteiger partial charge in [-0.25, -0.2) is 9.59 Å². The van der Waals surface area contributed by atoms with E-state index in [4.69, 9.17) is 5.11 Å². The smallest absolute Gasteiger partial charge is 0.337 e. The summed E-state index contributed by atoms with van der Waals surface area (Å²) in [5.41, 5.74) is 1.25. The Hall–Kier alpha value is -2.04. The molecular formula is C14H18N2O3. The zero-order chi connectivity index (χ0) is 14.0. The third-order valence-electron chi connectivity index (χ3n) is 3.68. The summed E-state index contributed by atoms with van der Waals surface area (Å²) < 4.78 is 0. The molecule has 1 saturated carbocycles. The summed E-state index contributed by atoms with van der Waals surface area (Å²) in [6.45, 7) is 1.78. The summed E-state index contributed by atoms with van der Waals surface area (Å²) in [5.74, 6) is -1.04. The van der Waals surface area contributed by atoms with Crippen molar-refractivity contribution in [3.63, 3.8) is 0 Å². The minimum Gasteiger partial charge on any atom is -0.478 e. The van der Waals surface area contributed by atoms with Crippen LogP contribution in [0, 0.1) is 6.92 Å². The first-order valence-corrected chi connectivity index (χ1v) is 6.37. The van der Waals surface area contributed by atoms with Gasteiger partial charge < -0.3 is 15.3 Å². The van der Waals surface area contributed by atoms with Gasteiger partial charge in [0.25, 0.3) is 0 Å². The van der Waals surface area contributed by atoms with Gasteiger partial charge in [0.1, 0.15) is 0 Å². The first-order chi connectivity index (χ1) is 9.00. The molecular weight excluding hydrogens is 244 g/mol. The molecule has 0 spiro atoms. The van der Waals surface area contributed by atoms with Crippen LogP contribution in [0.5, 0.6) is 0 Å². The molecule has 1 fully saturated rings. The predicted molar refractivity (Wildman–Crippen MR) is 72.6 cm³/mol.